The first-order chi connectivity index (χ1) is 8.87. The number of hydrogen-bond donors (Lipinski definition) is 2. The molecular weight excluding hydrogens is 240 g/mol. The highest BCUT2D eigenvalue weighted by molar-refractivity contribution is 5.75. The lowest BCUT2D eigenvalue weighted by Crippen LogP contribution is -2.31. The Kier molecular flexibility index (Phi) is 3.80. The summed E-state index contributed by atoms with van der Waals surface area (Å²) in [6, 6.07) is 7.74. The van der Waals surface area contributed by atoms with Crippen LogP contribution in [0.5, 0.6) is 0 Å². The van der Waals surface area contributed by atoms with Crippen molar-refractivity contribution in [1.29, 1.82) is 0 Å². The molecule has 0 bridgehead atoms. The Morgan fingerprint density at radius 3 is 2.74 bits per heavy atom. The topological polar surface area (TPSA) is 64.3 Å². The Balaban J connectivity index is 2.15. The van der Waals surface area contributed by atoms with Gasteiger partial charge in [-0.25, -0.2) is 0 Å². The highest BCUT2D eigenvalue weighted by Gasteiger charge is 2.36. The fraction of sp³-hybridized carbons (Fsp3) is 0.533. The highest BCUT2D eigenvalue weighted by atomic mass is 16.6. The van der Waals surface area contributed by atoms with Gasteiger partial charge in [-0.1, -0.05) is 12.1 Å². The lowest BCUT2D eigenvalue weighted by atomic mass is 9.88. The molecule has 4 heteroatoms. The summed E-state index contributed by atoms with van der Waals surface area (Å²) in [5.74, 6) is -0.135. The Labute approximate surface area is 114 Å². The molecule has 104 valence electrons. The summed E-state index contributed by atoms with van der Waals surface area (Å²) in [6.07, 6.45) is 0. The van der Waals surface area contributed by atoms with E-state index >= 15 is 0 Å². The maximum Gasteiger partial charge on any atom is 0.311 e. The van der Waals surface area contributed by atoms with E-state index in [2.05, 4.69) is 5.32 Å². The number of nitrogens with two attached hydrogens (primary N) is 1. The maximum atomic E-state index is 12.2. The van der Waals surface area contributed by atoms with Gasteiger partial charge in [0.25, 0.3) is 0 Å². The van der Waals surface area contributed by atoms with Crippen molar-refractivity contribution in [2.75, 3.05) is 18.8 Å². The number of anilines is 1. The summed E-state index contributed by atoms with van der Waals surface area (Å²) < 4.78 is 5.49. The first kappa shape index (κ1) is 13.9. The van der Waals surface area contributed by atoms with Gasteiger partial charge in [0.15, 0.2) is 0 Å². The molecule has 0 aromatic heterocycles. The largest absolute Gasteiger partial charge is 0.460 e. The van der Waals surface area contributed by atoms with Crippen LogP contribution in [0.4, 0.5) is 5.69 Å². The number of ether oxygens (including phenoxy) is 1. The van der Waals surface area contributed by atoms with Crippen LogP contribution in [0.15, 0.2) is 24.3 Å². The van der Waals surface area contributed by atoms with Crippen molar-refractivity contribution in [2.24, 2.45) is 5.92 Å². The van der Waals surface area contributed by atoms with Crippen LogP contribution in [-0.4, -0.2) is 24.7 Å². The van der Waals surface area contributed by atoms with E-state index in [1.54, 1.807) is 0 Å². The van der Waals surface area contributed by atoms with Crippen molar-refractivity contribution in [2.45, 2.75) is 32.3 Å². The summed E-state index contributed by atoms with van der Waals surface area (Å²) in [4.78, 5) is 12.2. The van der Waals surface area contributed by atoms with Crippen LogP contribution in [0.1, 0.15) is 32.3 Å². The predicted octanol–water partition coefficient (Wildman–Crippen LogP) is 1.91. The molecule has 1 heterocycles. The molecule has 0 saturated carbocycles. The van der Waals surface area contributed by atoms with Crippen molar-refractivity contribution < 1.29 is 9.53 Å². The Hall–Kier alpha value is -1.55. The molecule has 19 heavy (non-hydrogen) atoms. The molecule has 2 atom stereocenters. The second-order valence-corrected chi connectivity index (χ2v) is 6.07. The Morgan fingerprint density at radius 2 is 2.11 bits per heavy atom. The zero-order valence-corrected chi connectivity index (χ0v) is 11.8. The van der Waals surface area contributed by atoms with Crippen LogP contribution < -0.4 is 11.1 Å². The van der Waals surface area contributed by atoms with Gasteiger partial charge in [-0.3, -0.25) is 4.79 Å². The van der Waals surface area contributed by atoms with Gasteiger partial charge in [0.2, 0.25) is 0 Å². The predicted molar refractivity (Wildman–Crippen MR) is 75.8 cm³/mol. The highest BCUT2D eigenvalue weighted by Crippen LogP contribution is 2.31. The molecule has 1 aliphatic rings. The van der Waals surface area contributed by atoms with Crippen LogP contribution in [-0.2, 0) is 9.53 Å². The van der Waals surface area contributed by atoms with Crippen molar-refractivity contribution in [1.82, 2.24) is 5.32 Å². The quantitative estimate of drug-likeness (QED) is 0.631. The number of benzene rings is 1. The molecule has 1 aliphatic heterocycles. The van der Waals surface area contributed by atoms with E-state index in [0.29, 0.717) is 6.54 Å². The minimum atomic E-state index is -0.445. The van der Waals surface area contributed by atoms with E-state index in [1.807, 2.05) is 45.0 Å². The average Bonchev–Trinajstić information content (AvgIpc) is 2.75. The van der Waals surface area contributed by atoms with Crippen LogP contribution in [0.2, 0.25) is 0 Å². The molecule has 1 fully saturated rings. The molecule has 2 unspecified atom stereocenters. The third-order valence-corrected chi connectivity index (χ3v) is 3.26. The SMILES string of the molecule is CC(C)(C)OC(=O)C1CNCC1c1cccc(N)c1. The third-order valence-electron chi connectivity index (χ3n) is 3.26. The molecule has 0 aliphatic carbocycles. The lowest BCUT2D eigenvalue weighted by molar-refractivity contribution is -0.159. The van der Waals surface area contributed by atoms with E-state index in [1.165, 1.54) is 0 Å². The monoisotopic (exact) mass is 262 g/mol. The number of esters is 1. The number of rotatable bonds is 2. The number of nitrogens with one attached hydrogen (secondary N) is 1. The molecule has 2 rings (SSSR count). The number of carbonyl (C=O) groups excluding carboxylic acids is 1. The van der Waals surface area contributed by atoms with Crippen LogP contribution in [0, 0.1) is 5.92 Å². The van der Waals surface area contributed by atoms with Crippen molar-refractivity contribution in [3.8, 4) is 0 Å². The van der Waals surface area contributed by atoms with Crippen LogP contribution in [0.25, 0.3) is 0 Å². The summed E-state index contributed by atoms with van der Waals surface area (Å²) in [5, 5.41) is 3.27. The number of carbonyl (C=O) groups is 1. The molecule has 3 N–H and O–H groups in total. The Bertz CT molecular complexity index is 465. The second-order valence-electron chi connectivity index (χ2n) is 6.07. The summed E-state index contributed by atoms with van der Waals surface area (Å²) >= 11 is 0. The van der Waals surface area contributed by atoms with Gasteiger partial charge in [0.05, 0.1) is 5.92 Å². The normalized spacial score (nSPS) is 23.3. The van der Waals surface area contributed by atoms with E-state index in [4.69, 9.17) is 10.5 Å². The minimum absolute atomic E-state index is 0.134. The summed E-state index contributed by atoms with van der Waals surface area (Å²) in [6.45, 7) is 7.12. The zero-order chi connectivity index (χ0) is 14.0. The molecule has 4 nitrogen and oxygen atoms in total. The van der Waals surface area contributed by atoms with Gasteiger partial charge >= 0.3 is 5.97 Å². The molecule has 1 aromatic carbocycles. The number of nitrogen functional groups attached to an aromatic ring is 1. The standard InChI is InChI=1S/C15H22N2O2/c1-15(2,3)19-14(18)13-9-17-8-12(13)10-5-4-6-11(16)7-10/h4-7,12-13,17H,8-9,16H2,1-3H3. The van der Waals surface area contributed by atoms with Gasteiger partial charge in [0.1, 0.15) is 5.60 Å². The van der Waals surface area contributed by atoms with Gasteiger partial charge < -0.3 is 15.8 Å². The first-order valence-electron chi connectivity index (χ1n) is 6.66. The van der Waals surface area contributed by atoms with Gasteiger partial charge in [-0.15, -0.1) is 0 Å². The summed E-state index contributed by atoms with van der Waals surface area (Å²) in [7, 11) is 0. The van der Waals surface area contributed by atoms with E-state index in [9.17, 15) is 4.79 Å². The van der Waals surface area contributed by atoms with Crippen molar-refractivity contribution in [3.63, 3.8) is 0 Å². The van der Waals surface area contributed by atoms with Crippen molar-refractivity contribution in [3.05, 3.63) is 29.8 Å². The van der Waals surface area contributed by atoms with Crippen LogP contribution in [0.3, 0.4) is 0 Å². The zero-order valence-electron chi connectivity index (χ0n) is 11.8. The molecule has 0 amide bonds. The fourth-order valence-corrected chi connectivity index (χ4v) is 2.44. The third kappa shape index (κ3) is 3.47. The van der Waals surface area contributed by atoms with E-state index in [-0.39, 0.29) is 17.8 Å². The van der Waals surface area contributed by atoms with E-state index in [0.717, 1.165) is 17.8 Å². The lowest BCUT2D eigenvalue weighted by Gasteiger charge is -2.24. The average molecular weight is 262 g/mol. The molecular formula is C15H22N2O2. The Morgan fingerprint density at radius 1 is 1.37 bits per heavy atom. The van der Waals surface area contributed by atoms with Gasteiger partial charge in [-0.2, -0.15) is 0 Å². The smallest absolute Gasteiger partial charge is 0.311 e. The fourth-order valence-electron chi connectivity index (χ4n) is 2.44. The number of hydrogen-bond acceptors (Lipinski definition) is 4. The molecule has 0 radical (unpaired) electrons. The molecule has 0 spiro atoms. The van der Waals surface area contributed by atoms with Crippen molar-refractivity contribution >= 4 is 11.7 Å². The minimum Gasteiger partial charge on any atom is -0.460 e. The molecule has 1 aromatic rings. The first-order valence-corrected chi connectivity index (χ1v) is 6.66. The second kappa shape index (κ2) is 5.21. The van der Waals surface area contributed by atoms with E-state index < -0.39 is 5.60 Å². The van der Waals surface area contributed by atoms with Gasteiger partial charge in [-0.05, 0) is 38.5 Å². The van der Waals surface area contributed by atoms with Crippen LogP contribution >= 0.6 is 0 Å². The summed E-state index contributed by atoms with van der Waals surface area (Å²) in [5.41, 5.74) is 7.20. The van der Waals surface area contributed by atoms with Gasteiger partial charge in [0, 0.05) is 24.7 Å². The maximum absolute atomic E-state index is 12.2. The molecule has 1 saturated heterocycles.